The second-order valence-electron chi connectivity index (χ2n) is 17.1. The summed E-state index contributed by atoms with van der Waals surface area (Å²) in [6.45, 7) is 10.6. The number of hydrogen-bond acceptors (Lipinski definition) is 9. The minimum atomic E-state index is -1.53. The lowest BCUT2D eigenvalue weighted by atomic mass is 9.33. The van der Waals surface area contributed by atoms with E-state index in [0.29, 0.717) is 32.1 Å². The molecule has 1 saturated heterocycles. The molecule has 4 saturated carbocycles. The van der Waals surface area contributed by atoms with E-state index < -0.39 is 65.8 Å². The highest BCUT2D eigenvalue weighted by Crippen LogP contribution is 2.75. The van der Waals surface area contributed by atoms with Crippen LogP contribution in [-0.4, -0.2) is 97.3 Å². The first-order valence-electron chi connectivity index (χ1n) is 17.2. The lowest BCUT2D eigenvalue weighted by molar-refractivity contribution is -0.315. The van der Waals surface area contributed by atoms with Crippen molar-refractivity contribution in [1.29, 1.82) is 0 Å². The Morgan fingerprint density at radius 1 is 0.911 bits per heavy atom. The molecule has 0 aromatic rings. The number of hydrogen-bond donors (Lipinski definition) is 7. The summed E-state index contributed by atoms with van der Waals surface area (Å²) in [5.74, 6) is -0.540. The SMILES string of the molecule is C[C@@]1(O)CC[C@]2(C(=O)O)CC[C@]3(C)C(=CC[C@@H]4[C@@]5(C)CC[C@H](O)[C@](C)(CO[C@@H]6O[C@H](CO)[C@@H](O)[C@H](O)[C@H]6O)C5CC[C@]43C)[C@@H]2C1. The maximum Gasteiger partial charge on any atom is 0.310 e. The molecule has 0 radical (unpaired) electrons. The van der Waals surface area contributed by atoms with Gasteiger partial charge in [-0.2, -0.15) is 0 Å². The van der Waals surface area contributed by atoms with Crippen molar-refractivity contribution in [3.8, 4) is 0 Å². The molecule has 5 fully saturated rings. The molecular weight excluding hydrogens is 580 g/mol. The number of carboxylic acids is 1. The van der Waals surface area contributed by atoms with Crippen molar-refractivity contribution >= 4 is 5.97 Å². The van der Waals surface area contributed by atoms with E-state index >= 15 is 0 Å². The average Bonchev–Trinajstić information content (AvgIpc) is 2.98. The Morgan fingerprint density at radius 2 is 1.60 bits per heavy atom. The van der Waals surface area contributed by atoms with Gasteiger partial charge in [-0.1, -0.05) is 39.3 Å². The van der Waals surface area contributed by atoms with Crippen molar-refractivity contribution in [2.75, 3.05) is 13.2 Å². The summed E-state index contributed by atoms with van der Waals surface area (Å²) < 4.78 is 11.8. The highest BCUT2D eigenvalue weighted by Gasteiger charge is 2.70. The molecule has 10 nitrogen and oxygen atoms in total. The smallest absolute Gasteiger partial charge is 0.310 e. The Hall–Kier alpha value is -1.11. The molecule has 256 valence electrons. The fourth-order valence-corrected chi connectivity index (χ4v) is 11.9. The van der Waals surface area contributed by atoms with Crippen LogP contribution in [0.1, 0.15) is 98.8 Å². The Kier molecular flexibility index (Phi) is 8.22. The Labute approximate surface area is 266 Å². The lowest BCUT2D eigenvalue weighted by Gasteiger charge is -2.71. The molecule has 15 atom stereocenters. The lowest BCUT2D eigenvalue weighted by Crippen LogP contribution is -2.66. The van der Waals surface area contributed by atoms with Crippen molar-refractivity contribution in [2.45, 2.75) is 141 Å². The topological polar surface area (TPSA) is 177 Å². The standard InChI is InChI=1S/C35H56O10/c1-30(43)12-14-35(29(41)42)15-13-33(4)19(20(35)16-30)6-7-23-31(2)10-9-24(37)32(3,22(31)8-11-34(23,33)5)18-44-28-27(40)26(39)25(38)21(17-36)45-28/h6,20-28,36-40,43H,7-18H2,1-5H3,(H,41,42)/t20-,21+,22?,23+,24-,25+,26-,27+,28+,30+,31-,32+,33+,34+,35-/m0/s1. The molecule has 0 aromatic heterocycles. The summed E-state index contributed by atoms with van der Waals surface area (Å²) in [6, 6.07) is 0. The zero-order valence-corrected chi connectivity index (χ0v) is 27.6. The maximum atomic E-state index is 12.9. The number of carboxylic acid groups (broad SMARTS) is 1. The van der Waals surface area contributed by atoms with Gasteiger partial charge in [0.1, 0.15) is 24.4 Å². The quantitative estimate of drug-likeness (QED) is 0.222. The van der Waals surface area contributed by atoms with Gasteiger partial charge in [0.15, 0.2) is 6.29 Å². The van der Waals surface area contributed by atoms with Gasteiger partial charge in [0.2, 0.25) is 0 Å². The Bertz CT molecular complexity index is 1200. The molecule has 1 heterocycles. The van der Waals surface area contributed by atoms with E-state index in [-0.39, 0.29) is 40.6 Å². The van der Waals surface area contributed by atoms with Gasteiger partial charge in [0, 0.05) is 5.41 Å². The van der Waals surface area contributed by atoms with E-state index in [0.717, 1.165) is 32.1 Å². The Balaban J connectivity index is 1.30. The third-order valence-corrected chi connectivity index (χ3v) is 15.0. The van der Waals surface area contributed by atoms with E-state index in [4.69, 9.17) is 9.47 Å². The fourth-order valence-electron chi connectivity index (χ4n) is 11.9. The second kappa shape index (κ2) is 11.0. The first-order valence-corrected chi connectivity index (χ1v) is 17.2. The van der Waals surface area contributed by atoms with Crippen LogP contribution in [0.5, 0.6) is 0 Å². The number of carbonyl (C=O) groups is 1. The summed E-state index contributed by atoms with van der Waals surface area (Å²) in [5.41, 5.74) is -1.60. The zero-order valence-electron chi connectivity index (χ0n) is 27.6. The number of aliphatic hydroxyl groups excluding tert-OH is 5. The van der Waals surface area contributed by atoms with Crippen LogP contribution in [0, 0.1) is 44.8 Å². The van der Waals surface area contributed by atoms with E-state index in [1.54, 1.807) is 0 Å². The number of ether oxygens (including phenoxy) is 2. The van der Waals surface area contributed by atoms with Crippen molar-refractivity contribution < 1.29 is 50.0 Å². The molecule has 0 spiro atoms. The summed E-state index contributed by atoms with van der Waals surface area (Å²) in [5, 5.41) is 74.0. The molecule has 0 aromatic carbocycles. The molecule has 0 bridgehead atoms. The van der Waals surface area contributed by atoms with Crippen LogP contribution in [0.3, 0.4) is 0 Å². The van der Waals surface area contributed by atoms with Gasteiger partial charge in [-0.25, -0.2) is 0 Å². The highest BCUT2D eigenvalue weighted by atomic mass is 16.7. The van der Waals surface area contributed by atoms with Crippen molar-refractivity contribution in [1.82, 2.24) is 0 Å². The predicted molar refractivity (Wildman–Crippen MR) is 164 cm³/mol. The van der Waals surface area contributed by atoms with E-state index in [2.05, 4.69) is 26.8 Å². The van der Waals surface area contributed by atoms with Gasteiger partial charge < -0.3 is 45.2 Å². The van der Waals surface area contributed by atoms with Crippen LogP contribution < -0.4 is 0 Å². The minimum Gasteiger partial charge on any atom is -0.481 e. The van der Waals surface area contributed by atoms with E-state index in [1.165, 1.54) is 5.57 Å². The summed E-state index contributed by atoms with van der Waals surface area (Å²) in [7, 11) is 0. The van der Waals surface area contributed by atoms with Crippen LogP contribution in [0.2, 0.25) is 0 Å². The van der Waals surface area contributed by atoms with Gasteiger partial charge in [-0.3, -0.25) is 4.79 Å². The first-order chi connectivity index (χ1) is 20.9. The number of fused-ring (bicyclic) bond motifs is 7. The predicted octanol–water partition coefficient (Wildman–Crippen LogP) is 2.76. The van der Waals surface area contributed by atoms with Crippen LogP contribution in [0.4, 0.5) is 0 Å². The first kappa shape index (κ1) is 33.8. The second-order valence-corrected chi connectivity index (χ2v) is 17.1. The number of allylic oxidation sites excluding steroid dienone is 2. The van der Waals surface area contributed by atoms with Gasteiger partial charge in [-0.05, 0) is 105 Å². The molecule has 1 aliphatic heterocycles. The van der Waals surface area contributed by atoms with Crippen molar-refractivity contribution in [2.24, 2.45) is 44.8 Å². The van der Waals surface area contributed by atoms with Gasteiger partial charge in [-0.15, -0.1) is 0 Å². The summed E-state index contributed by atoms with van der Waals surface area (Å²) in [6.07, 6.45) is 1.81. The highest BCUT2D eigenvalue weighted by molar-refractivity contribution is 5.76. The monoisotopic (exact) mass is 636 g/mol. The third kappa shape index (κ3) is 4.67. The molecule has 7 N–H and O–H groups in total. The maximum absolute atomic E-state index is 12.9. The minimum absolute atomic E-state index is 0.0805. The molecular formula is C35H56O10. The van der Waals surface area contributed by atoms with Crippen LogP contribution >= 0.6 is 0 Å². The molecule has 6 aliphatic rings. The van der Waals surface area contributed by atoms with Crippen LogP contribution in [0.15, 0.2) is 11.6 Å². The molecule has 45 heavy (non-hydrogen) atoms. The molecule has 10 heteroatoms. The van der Waals surface area contributed by atoms with Crippen LogP contribution in [0.25, 0.3) is 0 Å². The molecule has 0 amide bonds. The summed E-state index contributed by atoms with van der Waals surface area (Å²) >= 11 is 0. The van der Waals surface area contributed by atoms with Gasteiger partial charge >= 0.3 is 5.97 Å². The normalized spacial score (nSPS) is 56.2. The van der Waals surface area contributed by atoms with Gasteiger partial charge in [0.25, 0.3) is 0 Å². The van der Waals surface area contributed by atoms with Gasteiger partial charge in [0.05, 0.1) is 30.3 Å². The third-order valence-electron chi connectivity index (χ3n) is 15.0. The van der Waals surface area contributed by atoms with Crippen molar-refractivity contribution in [3.63, 3.8) is 0 Å². The largest absolute Gasteiger partial charge is 0.481 e. The van der Waals surface area contributed by atoms with E-state index in [1.807, 2.05) is 13.8 Å². The van der Waals surface area contributed by atoms with E-state index in [9.17, 15) is 40.5 Å². The molecule has 6 rings (SSSR count). The molecule has 5 aliphatic carbocycles. The average molecular weight is 637 g/mol. The Morgan fingerprint density at radius 3 is 2.27 bits per heavy atom. The fraction of sp³-hybridized carbons (Fsp3) is 0.914. The molecule has 1 unspecified atom stereocenters. The number of aliphatic carboxylic acids is 1. The van der Waals surface area contributed by atoms with Crippen molar-refractivity contribution in [3.05, 3.63) is 11.6 Å². The zero-order chi connectivity index (χ0) is 33.0. The summed E-state index contributed by atoms with van der Waals surface area (Å²) in [4.78, 5) is 12.9. The van der Waals surface area contributed by atoms with Crippen LogP contribution in [-0.2, 0) is 14.3 Å². The number of rotatable bonds is 5. The number of aliphatic hydroxyl groups is 6.